The number of carbonyl (C=O) groups is 1. The molecule has 1 N–H and O–H groups in total. The first kappa shape index (κ1) is 22.6. The molecule has 2 aromatic carbocycles. The fraction of sp³-hybridized carbons (Fsp3) is 0.136. The number of ether oxygens (including phenoxy) is 1. The van der Waals surface area contributed by atoms with Crippen molar-refractivity contribution >= 4 is 38.9 Å². The Morgan fingerprint density at radius 2 is 1.79 bits per heavy atom. The SMILES string of the molecule is CN(c1ccc(OCC(=O)NCc2nnc3ccccn23)cc1)S(=O)(=O)c1ccc(Cl)cc1. The molecule has 0 aliphatic carbocycles. The number of fused-ring (bicyclic) bond motifs is 1. The first-order valence-electron chi connectivity index (χ1n) is 9.87. The molecule has 2 aromatic heterocycles. The van der Waals surface area contributed by atoms with Crippen LogP contribution in [0.4, 0.5) is 5.69 Å². The summed E-state index contributed by atoms with van der Waals surface area (Å²) in [6.45, 7) is 0.00859. The van der Waals surface area contributed by atoms with Crippen LogP contribution < -0.4 is 14.4 Å². The molecule has 0 bridgehead atoms. The van der Waals surface area contributed by atoms with E-state index < -0.39 is 10.0 Å². The molecule has 0 radical (unpaired) electrons. The van der Waals surface area contributed by atoms with Crippen molar-refractivity contribution in [1.82, 2.24) is 19.9 Å². The van der Waals surface area contributed by atoms with Crippen LogP contribution >= 0.6 is 11.6 Å². The van der Waals surface area contributed by atoms with E-state index >= 15 is 0 Å². The lowest BCUT2D eigenvalue weighted by atomic mass is 10.3. The minimum Gasteiger partial charge on any atom is -0.484 e. The molecule has 0 fully saturated rings. The quantitative estimate of drug-likeness (QED) is 0.411. The van der Waals surface area contributed by atoms with Gasteiger partial charge in [-0.15, -0.1) is 10.2 Å². The number of nitrogens with one attached hydrogen (secondary N) is 1. The zero-order valence-corrected chi connectivity index (χ0v) is 19.1. The molecule has 170 valence electrons. The molecule has 0 spiro atoms. The number of carbonyl (C=O) groups excluding carboxylic acids is 1. The maximum absolute atomic E-state index is 12.8. The second kappa shape index (κ2) is 9.47. The fourth-order valence-corrected chi connectivity index (χ4v) is 4.37. The molecule has 2 heterocycles. The van der Waals surface area contributed by atoms with Gasteiger partial charge in [-0.25, -0.2) is 8.42 Å². The van der Waals surface area contributed by atoms with Crippen LogP contribution in [0.15, 0.2) is 77.8 Å². The average Bonchev–Trinajstić information content (AvgIpc) is 3.24. The molecule has 1 amide bonds. The van der Waals surface area contributed by atoms with Gasteiger partial charge in [-0.05, 0) is 60.7 Å². The number of hydrogen-bond acceptors (Lipinski definition) is 6. The predicted octanol–water partition coefficient (Wildman–Crippen LogP) is 2.90. The Bertz CT molecular complexity index is 1370. The van der Waals surface area contributed by atoms with Crippen LogP contribution in [0.2, 0.25) is 5.02 Å². The Morgan fingerprint density at radius 1 is 1.06 bits per heavy atom. The van der Waals surface area contributed by atoms with Gasteiger partial charge in [0.15, 0.2) is 18.1 Å². The predicted molar refractivity (Wildman–Crippen MR) is 124 cm³/mol. The molecular formula is C22H20ClN5O4S. The lowest BCUT2D eigenvalue weighted by Crippen LogP contribution is -2.29. The van der Waals surface area contributed by atoms with E-state index in [1.165, 1.54) is 31.3 Å². The Balaban J connectivity index is 1.32. The lowest BCUT2D eigenvalue weighted by molar-refractivity contribution is -0.123. The van der Waals surface area contributed by atoms with E-state index in [2.05, 4.69) is 15.5 Å². The van der Waals surface area contributed by atoms with Crippen molar-refractivity contribution in [3.63, 3.8) is 0 Å². The number of halogens is 1. The molecule has 9 nitrogen and oxygen atoms in total. The largest absolute Gasteiger partial charge is 0.484 e. The summed E-state index contributed by atoms with van der Waals surface area (Å²) in [4.78, 5) is 12.3. The number of benzene rings is 2. The monoisotopic (exact) mass is 485 g/mol. The summed E-state index contributed by atoms with van der Waals surface area (Å²) < 4.78 is 34.0. The van der Waals surface area contributed by atoms with E-state index in [-0.39, 0.29) is 24.0 Å². The highest BCUT2D eigenvalue weighted by Gasteiger charge is 2.21. The van der Waals surface area contributed by atoms with Crippen molar-refractivity contribution < 1.29 is 17.9 Å². The van der Waals surface area contributed by atoms with E-state index in [1.807, 2.05) is 24.4 Å². The van der Waals surface area contributed by atoms with Gasteiger partial charge in [0, 0.05) is 18.3 Å². The smallest absolute Gasteiger partial charge is 0.264 e. The summed E-state index contributed by atoms with van der Waals surface area (Å²) in [5, 5.41) is 11.3. The molecule has 0 unspecified atom stereocenters. The van der Waals surface area contributed by atoms with Gasteiger partial charge in [-0.3, -0.25) is 13.5 Å². The topological polar surface area (TPSA) is 106 Å². The Hall–Kier alpha value is -3.63. The maximum Gasteiger partial charge on any atom is 0.264 e. The first-order valence-corrected chi connectivity index (χ1v) is 11.7. The fourth-order valence-electron chi connectivity index (χ4n) is 3.04. The molecule has 0 saturated heterocycles. The summed E-state index contributed by atoms with van der Waals surface area (Å²) in [5.41, 5.74) is 1.14. The first-order chi connectivity index (χ1) is 15.8. The summed E-state index contributed by atoms with van der Waals surface area (Å²) in [6.07, 6.45) is 1.82. The number of rotatable bonds is 8. The van der Waals surface area contributed by atoms with Gasteiger partial charge < -0.3 is 10.1 Å². The van der Waals surface area contributed by atoms with E-state index in [1.54, 1.807) is 28.7 Å². The van der Waals surface area contributed by atoms with E-state index in [0.717, 1.165) is 4.31 Å². The molecule has 11 heteroatoms. The van der Waals surface area contributed by atoms with E-state index in [0.29, 0.717) is 27.9 Å². The van der Waals surface area contributed by atoms with Crippen molar-refractivity contribution in [3.8, 4) is 5.75 Å². The van der Waals surface area contributed by atoms with Crippen molar-refractivity contribution in [2.75, 3.05) is 18.0 Å². The lowest BCUT2D eigenvalue weighted by Gasteiger charge is -2.20. The van der Waals surface area contributed by atoms with Crippen LogP contribution in [-0.2, 0) is 21.4 Å². The van der Waals surface area contributed by atoms with Gasteiger partial charge in [0.2, 0.25) is 0 Å². The average molecular weight is 486 g/mol. The Kier molecular flexibility index (Phi) is 6.47. The van der Waals surface area contributed by atoms with Crippen LogP contribution in [0.25, 0.3) is 5.65 Å². The molecular weight excluding hydrogens is 466 g/mol. The molecule has 0 aliphatic heterocycles. The van der Waals surface area contributed by atoms with Gasteiger partial charge in [0.05, 0.1) is 17.1 Å². The van der Waals surface area contributed by atoms with E-state index in [9.17, 15) is 13.2 Å². The van der Waals surface area contributed by atoms with Crippen molar-refractivity contribution in [2.45, 2.75) is 11.4 Å². The van der Waals surface area contributed by atoms with Gasteiger partial charge in [0.1, 0.15) is 5.75 Å². The number of pyridine rings is 1. The highest BCUT2D eigenvalue weighted by atomic mass is 35.5. The third kappa shape index (κ3) is 5.07. The van der Waals surface area contributed by atoms with Crippen LogP contribution in [0.1, 0.15) is 5.82 Å². The third-order valence-corrected chi connectivity index (χ3v) is 6.92. The summed E-state index contributed by atoms with van der Waals surface area (Å²) in [6, 6.07) is 17.9. The second-order valence-electron chi connectivity index (χ2n) is 7.03. The molecule has 0 saturated carbocycles. The number of nitrogens with zero attached hydrogens (tertiary/aromatic N) is 4. The van der Waals surface area contributed by atoms with Gasteiger partial charge in [-0.1, -0.05) is 17.7 Å². The number of aromatic nitrogens is 3. The molecule has 33 heavy (non-hydrogen) atoms. The summed E-state index contributed by atoms with van der Waals surface area (Å²) in [5.74, 6) is 0.710. The van der Waals surface area contributed by atoms with E-state index in [4.69, 9.17) is 16.3 Å². The normalized spacial score (nSPS) is 11.3. The summed E-state index contributed by atoms with van der Waals surface area (Å²) >= 11 is 5.84. The standard InChI is InChI=1S/C22H20ClN5O4S/c1-27(33(30,31)19-11-5-16(23)6-12-19)17-7-9-18(10-8-17)32-15-22(29)24-14-21-26-25-20-4-2-3-13-28(20)21/h2-13H,14-15H2,1H3,(H,24,29). The number of anilines is 1. The molecule has 4 aromatic rings. The second-order valence-corrected chi connectivity index (χ2v) is 9.44. The molecule has 0 aliphatic rings. The van der Waals surface area contributed by atoms with Crippen LogP contribution in [0, 0.1) is 0 Å². The van der Waals surface area contributed by atoms with Gasteiger partial charge >= 0.3 is 0 Å². The molecule has 4 rings (SSSR count). The van der Waals surface area contributed by atoms with Gasteiger partial charge in [0.25, 0.3) is 15.9 Å². The highest BCUT2D eigenvalue weighted by molar-refractivity contribution is 7.92. The zero-order chi connectivity index (χ0) is 23.4. The third-order valence-electron chi connectivity index (χ3n) is 4.87. The van der Waals surface area contributed by atoms with Gasteiger partial charge in [-0.2, -0.15) is 0 Å². The minimum atomic E-state index is -3.74. The van der Waals surface area contributed by atoms with Crippen molar-refractivity contribution in [1.29, 1.82) is 0 Å². The highest BCUT2D eigenvalue weighted by Crippen LogP contribution is 2.25. The van der Waals surface area contributed by atoms with Crippen LogP contribution in [0.5, 0.6) is 5.75 Å². The van der Waals surface area contributed by atoms with Crippen molar-refractivity contribution in [3.05, 3.63) is 83.8 Å². The van der Waals surface area contributed by atoms with Crippen molar-refractivity contribution in [2.24, 2.45) is 0 Å². The number of sulfonamides is 1. The summed E-state index contributed by atoms with van der Waals surface area (Å²) in [7, 11) is -2.28. The van der Waals surface area contributed by atoms with Crippen LogP contribution in [-0.4, -0.2) is 42.6 Å². The number of hydrogen-bond donors (Lipinski definition) is 1. The minimum absolute atomic E-state index is 0.131. The van der Waals surface area contributed by atoms with Crippen LogP contribution in [0.3, 0.4) is 0 Å². The maximum atomic E-state index is 12.8. The Labute approximate surface area is 195 Å². The number of amides is 1. The molecule has 0 atom stereocenters. The zero-order valence-electron chi connectivity index (χ0n) is 17.6. The Morgan fingerprint density at radius 3 is 2.52 bits per heavy atom.